The van der Waals surface area contributed by atoms with Gasteiger partial charge in [0.25, 0.3) is 5.56 Å². The van der Waals surface area contributed by atoms with E-state index in [4.69, 9.17) is 0 Å². The molecule has 1 N–H and O–H groups in total. The third-order valence-electron chi connectivity index (χ3n) is 5.21. The van der Waals surface area contributed by atoms with E-state index in [1.165, 1.54) is 35.5 Å². The van der Waals surface area contributed by atoms with Crippen LogP contribution in [0.15, 0.2) is 22.5 Å². The van der Waals surface area contributed by atoms with Crippen molar-refractivity contribution in [1.82, 2.24) is 14.9 Å². The first-order valence-electron chi connectivity index (χ1n) is 9.91. The Hall–Kier alpha value is -2.11. The number of hydrogen-bond acceptors (Lipinski definition) is 4. The third-order valence-corrected chi connectivity index (χ3v) is 5.21. The zero-order valence-electron chi connectivity index (χ0n) is 15.8. The monoisotopic (exact) mass is 358 g/mol. The van der Waals surface area contributed by atoms with Gasteiger partial charge in [0, 0.05) is 31.4 Å². The molecule has 1 aromatic rings. The SMILES string of the molecule is Cc1cc(=O)n(CC(=O)NCCC2=CCCCC2)c(N2CCCCC2)n1. The number of rotatable bonds is 6. The van der Waals surface area contributed by atoms with Crippen LogP contribution in [0.4, 0.5) is 5.95 Å². The van der Waals surface area contributed by atoms with Gasteiger partial charge in [0.1, 0.15) is 6.54 Å². The molecule has 0 spiro atoms. The van der Waals surface area contributed by atoms with Crippen LogP contribution in [0.1, 0.15) is 57.1 Å². The van der Waals surface area contributed by atoms with Gasteiger partial charge in [-0.05, 0) is 58.3 Å². The van der Waals surface area contributed by atoms with Crippen LogP contribution in [0.2, 0.25) is 0 Å². The number of nitrogens with one attached hydrogen (secondary N) is 1. The van der Waals surface area contributed by atoms with Gasteiger partial charge < -0.3 is 10.2 Å². The third kappa shape index (κ3) is 4.96. The molecular formula is C20H30N4O2. The molecule has 0 atom stereocenters. The van der Waals surface area contributed by atoms with E-state index in [9.17, 15) is 9.59 Å². The molecular weight excluding hydrogens is 328 g/mol. The number of piperidine rings is 1. The van der Waals surface area contributed by atoms with Crippen molar-refractivity contribution in [3.63, 3.8) is 0 Å². The highest BCUT2D eigenvalue weighted by Gasteiger charge is 2.19. The maximum absolute atomic E-state index is 12.5. The zero-order chi connectivity index (χ0) is 18.4. The smallest absolute Gasteiger partial charge is 0.255 e. The molecule has 1 aliphatic carbocycles. The molecule has 1 aliphatic heterocycles. The van der Waals surface area contributed by atoms with Crippen LogP contribution >= 0.6 is 0 Å². The van der Waals surface area contributed by atoms with Crippen molar-refractivity contribution in [1.29, 1.82) is 0 Å². The largest absolute Gasteiger partial charge is 0.354 e. The summed E-state index contributed by atoms with van der Waals surface area (Å²) in [7, 11) is 0. The molecule has 1 fully saturated rings. The Bertz CT molecular complexity index is 717. The summed E-state index contributed by atoms with van der Waals surface area (Å²) >= 11 is 0. The molecule has 6 heteroatoms. The number of hydrogen-bond donors (Lipinski definition) is 1. The first kappa shape index (κ1) is 18.7. The second-order valence-corrected chi connectivity index (χ2v) is 7.38. The van der Waals surface area contributed by atoms with E-state index in [2.05, 4.69) is 21.3 Å². The molecule has 0 saturated carbocycles. The van der Waals surface area contributed by atoms with Gasteiger partial charge in [-0.15, -0.1) is 0 Å². The number of anilines is 1. The van der Waals surface area contributed by atoms with Gasteiger partial charge in [0.05, 0.1) is 0 Å². The Kier molecular flexibility index (Phi) is 6.47. The average molecular weight is 358 g/mol. The summed E-state index contributed by atoms with van der Waals surface area (Å²) in [5.41, 5.74) is 2.00. The quantitative estimate of drug-likeness (QED) is 0.794. The Morgan fingerprint density at radius 1 is 1.19 bits per heavy atom. The Morgan fingerprint density at radius 3 is 2.73 bits per heavy atom. The molecule has 1 aromatic heterocycles. The van der Waals surface area contributed by atoms with Crippen LogP contribution in [-0.4, -0.2) is 35.1 Å². The summed E-state index contributed by atoms with van der Waals surface area (Å²) in [6, 6.07) is 1.51. The number of amides is 1. The fourth-order valence-corrected chi connectivity index (χ4v) is 3.78. The van der Waals surface area contributed by atoms with Crippen molar-refractivity contribution >= 4 is 11.9 Å². The highest BCUT2D eigenvalue weighted by Crippen LogP contribution is 2.19. The van der Waals surface area contributed by atoms with E-state index in [1.54, 1.807) is 0 Å². The second kappa shape index (κ2) is 9.01. The van der Waals surface area contributed by atoms with Crippen LogP contribution in [0.5, 0.6) is 0 Å². The minimum absolute atomic E-state index is 0.0387. The van der Waals surface area contributed by atoms with Crippen LogP contribution in [0.3, 0.4) is 0 Å². The predicted octanol–water partition coefficient (Wildman–Crippen LogP) is 2.55. The van der Waals surface area contributed by atoms with Gasteiger partial charge in [-0.1, -0.05) is 11.6 Å². The summed E-state index contributed by atoms with van der Waals surface area (Å²) in [5.74, 6) is 0.521. The van der Waals surface area contributed by atoms with Gasteiger partial charge in [-0.25, -0.2) is 4.98 Å². The number of aromatic nitrogens is 2. The Balaban J connectivity index is 1.63. The van der Waals surface area contributed by atoms with Crippen LogP contribution < -0.4 is 15.8 Å². The molecule has 1 amide bonds. The van der Waals surface area contributed by atoms with Gasteiger partial charge in [0.15, 0.2) is 0 Å². The lowest BCUT2D eigenvalue weighted by Crippen LogP contribution is -2.39. The van der Waals surface area contributed by atoms with Crippen molar-refractivity contribution in [2.24, 2.45) is 0 Å². The van der Waals surface area contributed by atoms with Crippen LogP contribution in [0.25, 0.3) is 0 Å². The molecule has 6 nitrogen and oxygen atoms in total. The minimum atomic E-state index is -0.150. The van der Waals surface area contributed by atoms with E-state index in [0.29, 0.717) is 18.2 Å². The van der Waals surface area contributed by atoms with Gasteiger partial charge in [-0.2, -0.15) is 0 Å². The summed E-state index contributed by atoms with van der Waals surface area (Å²) in [6.07, 6.45) is 11.5. The zero-order valence-corrected chi connectivity index (χ0v) is 15.8. The Morgan fingerprint density at radius 2 is 2.00 bits per heavy atom. The standard InChI is InChI=1S/C20H30N4O2/c1-16-14-19(26)24(20(22-16)23-12-6-3-7-13-23)15-18(25)21-11-10-17-8-4-2-5-9-17/h8,14H,2-7,9-13,15H2,1H3,(H,21,25). The van der Waals surface area contributed by atoms with Gasteiger partial charge in [0.2, 0.25) is 11.9 Å². The highest BCUT2D eigenvalue weighted by molar-refractivity contribution is 5.76. The van der Waals surface area contributed by atoms with Crippen LogP contribution in [-0.2, 0) is 11.3 Å². The van der Waals surface area contributed by atoms with Crippen molar-refractivity contribution in [3.05, 3.63) is 33.8 Å². The molecule has 1 saturated heterocycles. The average Bonchev–Trinajstić information content (AvgIpc) is 2.65. The molecule has 2 heterocycles. The topological polar surface area (TPSA) is 67.2 Å². The normalized spacial score (nSPS) is 17.7. The molecule has 142 valence electrons. The molecule has 2 aliphatic rings. The molecule has 0 radical (unpaired) electrons. The number of allylic oxidation sites excluding steroid dienone is 1. The van der Waals surface area contributed by atoms with Gasteiger partial charge >= 0.3 is 0 Å². The lowest BCUT2D eigenvalue weighted by atomic mass is 9.97. The summed E-state index contributed by atoms with van der Waals surface area (Å²) in [6.45, 7) is 4.29. The lowest BCUT2D eigenvalue weighted by Gasteiger charge is -2.29. The highest BCUT2D eigenvalue weighted by atomic mass is 16.2. The van der Waals surface area contributed by atoms with Crippen molar-refractivity contribution in [2.45, 2.75) is 64.8 Å². The maximum Gasteiger partial charge on any atom is 0.255 e. The van der Waals surface area contributed by atoms with E-state index in [0.717, 1.165) is 45.2 Å². The molecule has 26 heavy (non-hydrogen) atoms. The molecule has 0 bridgehead atoms. The minimum Gasteiger partial charge on any atom is -0.354 e. The number of nitrogens with zero attached hydrogens (tertiary/aromatic N) is 3. The van der Waals surface area contributed by atoms with E-state index >= 15 is 0 Å². The van der Waals surface area contributed by atoms with E-state index in [-0.39, 0.29) is 18.0 Å². The first-order valence-corrected chi connectivity index (χ1v) is 9.91. The molecule has 0 unspecified atom stereocenters. The molecule has 3 rings (SSSR count). The number of carbonyl (C=O) groups is 1. The first-order chi connectivity index (χ1) is 12.6. The fraction of sp³-hybridized carbons (Fsp3) is 0.650. The second-order valence-electron chi connectivity index (χ2n) is 7.38. The van der Waals surface area contributed by atoms with Gasteiger partial charge in [-0.3, -0.25) is 14.2 Å². The van der Waals surface area contributed by atoms with E-state index < -0.39 is 0 Å². The van der Waals surface area contributed by atoms with Crippen molar-refractivity contribution < 1.29 is 4.79 Å². The number of carbonyl (C=O) groups excluding carboxylic acids is 1. The van der Waals surface area contributed by atoms with Crippen LogP contribution in [0, 0.1) is 6.92 Å². The Labute approximate surface area is 155 Å². The summed E-state index contributed by atoms with van der Waals surface area (Å²) in [5, 5.41) is 2.96. The van der Waals surface area contributed by atoms with Crippen molar-refractivity contribution in [3.8, 4) is 0 Å². The summed E-state index contributed by atoms with van der Waals surface area (Å²) in [4.78, 5) is 31.6. The number of aryl methyl sites for hydroxylation is 1. The maximum atomic E-state index is 12.5. The summed E-state index contributed by atoms with van der Waals surface area (Å²) < 4.78 is 1.52. The predicted molar refractivity (Wildman–Crippen MR) is 103 cm³/mol. The fourth-order valence-electron chi connectivity index (χ4n) is 3.78. The van der Waals surface area contributed by atoms with E-state index in [1.807, 2.05) is 6.92 Å². The van der Waals surface area contributed by atoms with Crippen molar-refractivity contribution in [2.75, 3.05) is 24.5 Å². The molecule has 0 aromatic carbocycles. The lowest BCUT2D eigenvalue weighted by molar-refractivity contribution is -0.121.